The van der Waals surface area contributed by atoms with Crippen molar-refractivity contribution in [3.63, 3.8) is 0 Å². The summed E-state index contributed by atoms with van der Waals surface area (Å²) in [5, 5.41) is 0.955. The summed E-state index contributed by atoms with van der Waals surface area (Å²) in [4.78, 5) is 8.19. The van der Waals surface area contributed by atoms with E-state index in [2.05, 4.69) is 22.1 Å². The van der Waals surface area contributed by atoms with E-state index in [-0.39, 0.29) is 0 Å². The Labute approximate surface area is 82.0 Å². The van der Waals surface area contributed by atoms with Crippen molar-refractivity contribution in [2.45, 2.75) is 18.8 Å². The average Bonchev–Trinajstić information content (AvgIpc) is 3.01. The molecule has 2 aromatic rings. The van der Waals surface area contributed by atoms with Crippen LogP contribution in [0.25, 0.3) is 10.9 Å². The van der Waals surface area contributed by atoms with Crippen molar-refractivity contribution in [3.8, 4) is 0 Å². The zero-order valence-corrected chi connectivity index (χ0v) is 7.77. The van der Waals surface area contributed by atoms with Crippen LogP contribution in [0.1, 0.15) is 24.3 Å². The van der Waals surface area contributed by atoms with Gasteiger partial charge in [-0.15, -0.1) is 0 Å². The highest BCUT2D eigenvalue weighted by molar-refractivity contribution is 5.88. The highest BCUT2D eigenvalue weighted by atomic mass is 14.9. The van der Waals surface area contributed by atoms with Crippen LogP contribution in [0.3, 0.4) is 0 Å². The lowest BCUT2D eigenvalue weighted by atomic mass is 10.1. The molecule has 14 heavy (non-hydrogen) atoms. The van der Waals surface area contributed by atoms with Gasteiger partial charge < -0.3 is 5.73 Å². The normalized spacial score (nSPS) is 16.0. The minimum absolute atomic E-state index is 0.567. The second-order valence-corrected chi connectivity index (χ2v) is 3.81. The molecule has 0 aliphatic heterocycles. The van der Waals surface area contributed by atoms with Crippen molar-refractivity contribution in [3.05, 3.63) is 30.1 Å². The van der Waals surface area contributed by atoms with Crippen molar-refractivity contribution in [1.29, 1.82) is 0 Å². The van der Waals surface area contributed by atoms with Gasteiger partial charge in [-0.1, -0.05) is 6.07 Å². The maximum atomic E-state index is 5.75. The monoisotopic (exact) mass is 185 g/mol. The van der Waals surface area contributed by atoms with Crippen LogP contribution < -0.4 is 5.73 Å². The Morgan fingerprint density at radius 2 is 2.07 bits per heavy atom. The molecule has 3 heteroatoms. The van der Waals surface area contributed by atoms with Gasteiger partial charge in [0.1, 0.15) is 12.1 Å². The van der Waals surface area contributed by atoms with Gasteiger partial charge in [0.05, 0.1) is 5.52 Å². The molecule has 2 N–H and O–H groups in total. The topological polar surface area (TPSA) is 51.8 Å². The molecule has 0 radical (unpaired) electrons. The van der Waals surface area contributed by atoms with Crippen LogP contribution in [0.2, 0.25) is 0 Å². The van der Waals surface area contributed by atoms with E-state index < -0.39 is 0 Å². The predicted octanol–water partition coefficient (Wildman–Crippen LogP) is 2.09. The summed E-state index contributed by atoms with van der Waals surface area (Å²) in [6.45, 7) is 0. The molecule has 3 nitrogen and oxygen atoms in total. The van der Waals surface area contributed by atoms with Gasteiger partial charge in [-0.25, -0.2) is 9.97 Å². The third-order valence-electron chi connectivity index (χ3n) is 2.74. The van der Waals surface area contributed by atoms with E-state index >= 15 is 0 Å². The molecule has 0 unspecified atom stereocenters. The third-order valence-corrected chi connectivity index (χ3v) is 2.74. The van der Waals surface area contributed by atoms with Crippen molar-refractivity contribution in [2.75, 3.05) is 5.73 Å². The zero-order valence-electron chi connectivity index (χ0n) is 7.77. The molecule has 0 spiro atoms. The molecule has 0 bridgehead atoms. The van der Waals surface area contributed by atoms with Crippen molar-refractivity contribution >= 4 is 16.7 Å². The lowest BCUT2D eigenvalue weighted by Crippen LogP contribution is -1.93. The SMILES string of the molecule is Nc1ncnc2cc(C3CC3)ccc12. The molecule has 70 valence electrons. The maximum absolute atomic E-state index is 5.75. The van der Waals surface area contributed by atoms with Gasteiger partial charge in [-0.3, -0.25) is 0 Å². The standard InChI is InChI=1S/C11H11N3/c12-11-9-4-3-8(7-1-2-7)5-10(9)13-6-14-11/h3-7H,1-2H2,(H2,12,13,14). The summed E-state index contributed by atoms with van der Waals surface area (Å²) >= 11 is 0. The number of nitrogen functional groups attached to an aromatic ring is 1. The Balaban J connectivity index is 2.23. The van der Waals surface area contributed by atoms with Crippen LogP contribution in [0.4, 0.5) is 5.82 Å². The van der Waals surface area contributed by atoms with Gasteiger partial charge in [0, 0.05) is 5.39 Å². The fourth-order valence-electron chi connectivity index (χ4n) is 1.77. The Morgan fingerprint density at radius 3 is 2.86 bits per heavy atom. The first kappa shape index (κ1) is 7.74. The third kappa shape index (κ3) is 1.13. The highest BCUT2D eigenvalue weighted by Gasteiger charge is 2.23. The summed E-state index contributed by atoms with van der Waals surface area (Å²) in [6, 6.07) is 6.29. The second-order valence-electron chi connectivity index (χ2n) is 3.81. The van der Waals surface area contributed by atoms with E-state index in [1.54, 1.807) is 0 Å². The summed E-state index contributed by atoms with van der Waals surface area (Å²) in [5.41, 5.74) is 8.09. The van der Waals surface area contributed by atoms with E-state index in [0.29, 0.717) is 5.82 Å². The first-order valence-electron chi connectivity index (χ1n) is 4.85. The molecular weight excluding hydrogens is 174 g/mol. The number of nitrogens with two attached hydrogens (primary N) is 1. The molecular formula is C11H11N3. The number of rotatable bonds is 1. The van der Waals surface area contributed by atoms with E-state index in [9.17, 15) is 0 Å². The largest absolute Gasteiger partial charge is 0.383 e. The number of anilines is 1. The van der Waals surface area contributed by atoms with E-state index in [1.165, 1.54) is 24.7 Å². The summed E-state index contributed by atoms with van der Waals surface area (Å²) < 4.78 is 0. The first-order chi connectivity index (χ1) is 6.84. The van der Waals surface area contributed by atoms with E-state index in [4.69, 9.17) is 5.73 Å². The fraction of sp³-hybridized carbons (Fsp3) is 0.273. The smallest absolute Gasteiger partial charge is 0.134 e. The Hall–Kier alpha value is -1.64. The van der Waals surface area contributed by atoms with E-state index in [0.717, 1.165) is 16.8 Å². The van der Waals surface area contributed by atoms with Gasteiger partial charge >= 0.3 is 0 Å². The average molecular weight is 185 g/mol. The van der Waals surface area contributed by atoms with Crippen molar-refractivity contribution in [2.24, 2.45) is 0 Å². The van der Waals surface area contributed by atoms with Gasteiger partial charge in [-0.05, 0) is 36.5 Å². The zero-order chi connectivity index (χ0) is 9.54. The van der Waals surface area contributed by atoms with Gasteiger partial charge in [0.25, 0.3) is 0 Å². The molecule has 1 heterocycles. The van der Waals surface area contributed by atoms with Crippen molar-refractivity contribution < 1.29 is 0 Å². The van der Waals surface area contributed by atoms with Crippen LogP contribution in [0, 0.1) is 0 Å². The lowest BCUT2D eigenvalue weighted by Gasteiger charge is -2.02. The number of nitrogens with zero attached hydrogens (tertiary/aromatic N) is 2. The summed E-state index contributed by atoms with van der Waals surface area (Å²) in [6.07, 6.45) is 4.15. The molecule has 1 aromatic heterocycles. The van der Waals surface area contributed by atoms with Gasteiger partial charge in [0.2, 0.25) is 0 Å². The van der Waals surface area contributed by atoms with Crippen LogP contribution in [0.15, 0.2) is 24.5 Å². The number of hydrogen-bond acceptors (Lipinski definition) is 3. The molecule has 0 saturated heterocycles. The molecule has 1 aromatic carbocycles. The van der Waals surface area contributed by atoms with E-state index in [1.807, 2.05) is 6.07 Å². The van der Waals surface area contributed by atoms with Crippen LogP contribution in [-0.2, 0) is 0 Å². The van der Waals surface area contributed by atoms with Crippen LogP contribution >= 0.6 is 0 Å². The Bertz CT molecular complexity index is 489. The van der Waals surface area contributed by atoms with Crippen LogP contribution in [0.5, 0.6) is 0 Å². The Kier molecular flexibility index (Phi) is 1.48. The molecule has 1 aliphatic rings. The summed E-state index contributed by atoms with van der Waals surface area (Å²) in [5.74, 6) is 1.33. The maximum Gasteiger partial charge on any atom is 0.134 e. The number of benzene rings is 1. The van der Waals surface area contributed by atoms with Crippen LogP contribution in [-0.4, -0.2) is 9.97 Å². The van der Waals surface area contributed by atoms with Gasteiger partial charge in [-0.2, -0.15) is 0 Å². The fourth-order valence-corrected chi connectivity index (χ4v) is 1.77. The minimum atomic E-state index is 0.567. The minimum Gasteiger partial charge on any atom is -0.383 e. The lowest BCUT2D eigenvalue weighted by molar-refractivity contribution is 1.13. The highest BCUT2D eigenvalue weighted by Crippen LogP contribution is 2.40. The molecule has 3 rings (SSSR count). The quantitative estimate of drug-likeness (QED) is 0.740. The molecule has 1 saturated carbocycles. The first-order valence-corrected chi connectivity index (χ1v) is 4.85. The summed E-state index contributed by atoms with van der Waals surface area (Å²) in [7, 11) is 0. The molecule has 1 fully saturated rings. The second kappa shape index (κ2) is 2.67. The number of hydrogen-bond donors (Lipinski definition) is 1. The molecule has 0 atom stereocenters. The Morgan fingerprint density at radius 1 is 1.21 bits per heavy atom. The molecule has 1 aliphatic carbocycles. The van der Waals surface area contributed by atoms with Gasteiger partial charge in [0.15, 0.2) is 0 Å². The predicted molar refractivity (Wildman–Crippen MR) is 55.9 cm³/mol. The molecule has 0 amide bonds. The van der Waals surface area contributed by atoms with Crippen molar-refractivity contribution in [1.82, 2.24) is 9.97 Å². The number of fused-ring (bicyclic) bond motifs is 1. The number of aromatic nitrogens is 2.